The molecule has 0 fully saturated rings. The summed E-state index contributed by atoms with van der Waals surface area (Å²) < 4.78 is 2.11. The van der Waals surface area contributed by atoms with E-state index in [0.717, 1.165) is 23.8 Å². The van der Waals surface area contributed by atoms with E-state index in [0.29, 0.717) is 11.0 Å². The number of aromatic nitrogens is 6. The van der Waals surface area contributed by atoms with E-state index in [1.165, 1.54) is 0 Å². The normalized spacial score (nSPS) is 10.8. The zero-order valence-electron chi connectivity index (χ0n) is 11.0. The van der Waals surface area contributed by atoms with Crippen LogP contribution in [0.5, 0.6) is 0 Å². The van der Waals surface area contributed by atoms with Crippen LogP contribution < -0.4 is 0 Å². The highest BCUT2D eigenvalue weighted by atomic mass is 32.2. The molecule has 3 aromatic rings. The van der Waals surface area contributed by atoms with Crippen LogP contribution in [-0.2, 0) is 12.3 Å². The Morgan fingerprint density at radius 1 is 1.25 bits per heavy atom. The van der Waals surface area contributed by atoms with Crippen molar-refractivity contribution in [1.82, 2.24) is 29.7 Å². The number of rotatable bonds is 5. The average molecular weight is 286 g/mol. The van der Waals surface area contributed by atoms with Crippen LogP contribution in [-0.4, -0.2) is 29.7 Å². The molecule has 0 aliphatic rings. The number of thioether (sulfide) groups is 1. The predicted molar refractivity (Wildman–Crippen MR) is 77.1 cm³/mol. The number of aromatic amines is 1. The zero-order valence-corrected chi connectivity index (χ0v) is 11.8. The van der Waals surface area contributed by atoms with Crippen molar-refractivity contribution in [2.75, 3.05) is 0 Å². The van der Waals surface area contributed by atoms with Gasteiger partial charge in [0.25, 0.3) is 0 Å². The Labute approximate surface area is 120 Å². The molecule has 0 aliphatic heterocycles. The molecule has 0 radical (unpaired) electrons. The van der Waals surface area contributed by atoms with Crippen molar-refractivity contribution in [2.45, 2.75) is 24.4 Å². The van der Waals surface area contributed by atoms with Gasteiger partial charge in [-0.3, -0.25) is 10.1 Å². The molecule has 3 rings (SSSR count). The van der Waals surface area contributed by atoms with Crippen LogP contribution in [0.15, 0.2) is 41.9 Å². The Hall–Kier alpha value is -2.15. The van der Waals surface area contributed by atoms with Crippen molar-refractivity contribution >= 4 is 11.8 Å². The molecule has 0 unspecified atom stereocenters. The van der Waals surface area contributed by atoms with Crippen molar-refractivity contribution < 1.29 is 0 Å². The molecule has 1 N–H and O–H groups in total. The molecule has 0 aromatic carbocycles. The molecule has 0 spiro atoms. The number of H-pyrrole nitrogens is 1. The maximum Gasteiger partial charge on any atom is 0.209 e. The van der Waals surface area contributed by atoms with E-state index < -0.39 is 0 Å². The first kappa shape index (κ1) is 12.9. The van der Waals surface area contributed by atoms with Gasteiger partial charge in [-0.25, -0.2) is 4.98 Å². The summed E-state index contributed by atoms with van der Waals surface area (Å²) in [5, 5.41) is 7.81. The van der Waals surface area contributed by atoms with E-state index in [1.54, 1.807) is 18.0 Å². The molecular formula is C13H14N6S. The first-order valence-corrected chi connectivity index (χ1v) is 7.32. The zero-order chi connectivity index (χ0) is 13.8. The molecule has 0 amide bonds. The summed E-state index contributed by atoms with van der Waals surface area (Å²) in [5.74, 6) is 2.47. The van der Waals surface area contributed by atoms with Crippen molar-refractivity contribution in [2.24, 2.45) is 0 Å². The fourth-order valence-corrected chi connectivity index (χ4v) is 2.59. The SMILES string of the molecule is CCn1ccnc1CSc1n[nH]c(-c2ccccn2)n1. The minimum Gasteiger partial charge on any atom is -0.335 e. The lowest BCUT2D eigenvalue weighted by Gasteiger charge is -2.01. The molecule has 0 saturated heterocycles. The number of imidazole rings is 1. The molecule has 3 heterocycles. The highest BCUT2D eigenvalue weighted by Gasteiger charge is 2.08. The monoisotopic (exact) mass is 286 g/mol. The largest absolute Gasteiger partial charge is 0.335 e. The van der Waals surface area contributed by atoms with E-state index >= 15 is 0 Å². The maximum absolute atomic E-state index is 4.43. The summed E-state index contributed by atoms with van der Waals surface area (Å²) in [5.41, 5.74) is 0.793. The third-order valence-corrected chi connectivity index (χ3v) is 3.69. The van der Waals surface area contributed by atoms with Gasteiger partial charge in [0, 0.05) is 25.1 Å². The van der Waals surface area contributed by atoms with E-state index in [9.17, 15) is 0 Å². The molecule has 0 bridgehead atoms. The van der Waals surface area contributed by atoms with Crippen molar-refractivity contribution in [1.29, 1.82) is 0 Å². The fourth-order valence-electron chi connectivity index (χ4n) is 1.83. The summed E-state index contributed by atoms with van der Waals surface area (Å²) in [7, 11) is 0. The summed E-state index contributed by atoms with van der Waals surface area (Å²) in [4.78, 5) is 13.0. The average Bonchev–Trinajstić information content (AvgIpc) is 3.15. The highest BCUT2D eigenvalue weighted by molar-refractivity contribution is 7.98. The molecule has 0 saturated carbocycles. The Bertz CT molecular complexity index is 675. The Morgan fingerprint density at radius 2 is 2.20 bits per heavy atom. The third-order valence-electron chi connectivity index (χ3n) is 2.85. The number of nitrogens with zero attached hydrogens (tertiary/aromatic N) is 5. The van der Waals surface area contributed by atoms with Crippen LogP contribution in [0.2, 0.25) is 0 Å². The van der Waals surface area contributed by atoms with E-state index in [-0.39, 0.29) is 0 Å². The number of pyridine rings is 1. The first-order valence-electron chi connectivity index (χ1n) is 6.33. The third kappa shape index (κ3) is 2.72. The van der Waals surface area contributed by atoms with Gasteiger partial charge >= 0.3 is 0 Å². The van der Waals surface area contributed by atoms with Crippen LogP contribution in [0, 0.1) is 0 Å². The number of hydrogen-bond donors (Lipinski definition) is 1. The summed E-state index contributed by atoms with van der Waals surface area (Å²) in [6.07, 6.45) is 5.53. The predicted octanol–water partition coefficient (Wildman–Crippen LogP) is 2.38. The molecule has 0 atom stereocenters. The summed E-state index contributed by atoms with van der Waals surface area (Å²) in [6.45, 7) is 3.02. The maximum atomic E-state index is 4.43. The van der Waals surface area contributed by atoms with Gasteiger partial charge in [0.15, 0.2) is 5.82 Å². The Balaban J connectivity index is 1.69. The van der Waals surface area contributed by atoms with Crippen molar-refractivity contribution in [3.63, 3.8) is 0 Å². The van der Waals surface area contributed by atoms with Gasteiger partial charge < -0.3 is 4.57 Å². The smallest absolute Gasteiger partial charge is 0.209 e. The molecule has 102 valence electrons. The van der Waals surface area contributed by atoms with Gasteiger partial charge in [0.2, 0.25) is 5.16 Å². The second kappa shape index (κ2) is 5.87. The molecule has 7 heteroatoms. The van der Waals surface area contributed by atoms with Crippen LogP contribution in [0.1, 0.15) is 12.7 Å². The number of nitrogens with one attached hydrogen (secondary N) is 1. The molecule has 6 nitrogen and oxygen atoms in total. The lowest BCUT2D eigenvalue weighted by atomic mass is 10.3. The minimum absolute atomic E-state index is 0.687. The Kier molecular flexibility index (Phi) is 3.78. The lowest BCUT2D eigenvalue weighted by molar-refractivity contribution is 0.725. The second-order valence-electron chi connectivity index (χ2n) is 4.10. The van der Waals surface area contributed by atoms with Crippen molar-refractivity contribution in [3.8, 4) is 11.5 Å². The Morgan fingerprint density at radius 3 is 3.00 bits per heavy atom. The summed E-state index contributed by atoms with van der Waals surface area (Å²) >= 11 is 1.56. The minimum atomic E-state index is 0.687. The fraction of sp³-hybridized carbons (Fsp3) is 0.231. The number of aryl methyl sites for hydroxylation is 1. The van der Waals surface area contributed by atoms with Crippen LogP contribution in [0.4, 0.5) is 0 Å². The van der Waals surface area contributed by atoms with Crippen LogP contribution in [0.3, 0.4) is 0 Å². The summed E-state index contributed by atoms with van der Waals surface area (Å²) in [6, 6.07) is 5.70. The number of hydrogen-bond acceptors (Lipinski definition) is 5. The molecule has 0 aliphatic carbocycles. The van der Waals surface area contributed by atoms with Gasteiger partial charge in [0.05, 0.1) is 5.75 Å². The second-order valence-corrected chi connectivity index (χ2v) is 5.04. The molecular weight excluding hydrogens is 272 g/mol. The van der Waals surface area contributed by atoms with Crippen molar-refractivity contribution in [3.05, 3.63) is 42.6 Å². The van der Waals surface area contributed by atoms with Gasteiger partial charge in [-0.1, -0.05) is 17.8 Å². The van der Waals surface area contributed by atoms with E-state index in [2.05, 4.69) is 36.6 Å². The topological polar surface area (TPSA) is 72.3 Å². The molecule has 20 heavy (non-hydrogen) atoms. The van der Waals surface area contributed by atoms with Gasteiger partial charge in [-0.15, -0.1) is 5.10 Å². The van der Waals surface area contributed by atoms with Gasteiger partial charge in [-0.05, 0) is 19.1 Å². The standard InChI is InChI=1S/C13H14N6S/c1-2-19-8-7-15-11(19)9-20-13-16-12(17-18-13)10-5-3-4-6-14-10/h3-8H,2,9H2,1H3,(H,16,17,18). The van der Waals surface area contributed by atoms with E-state index in [4.69, 9.17) is 0 Å². The van der Waals surface area contributed by atoms with Crippen LogP contribution >= 0.6 is 11.8 Å². The highest BCUT2D eigenvalue weighted by Crippen LogP contribution is 2.20. The quantitative estimate of drug-likeness (QED) is 0.729. The molecule has 3 aromatic heterocycles. The first-order chi connectivity index (χ1) is 9.86. The lowest BCUT2D eigenvalue weighted by Crippen LogP contribution is -1.99. The van der Waals surface area contributed by atoms with Gasteiger partial charge in [-0.2, -0.15) is 4.98 Å². The van der Waals surface area contributed by atoms with E-state index in [1.807, 2.05) is 30.6 Å². The van der Waals surface area contributed by atoms with Crippen LogP contribution in [0.25, 0.3) is 11.5 Å². The van der Waals surface area contributed by atoms with Gasteiger partial charge in [0.1, 0.15) is 11.5 Å².